The van der Waals surface area contributed by atoms with Gasteiger partial charge in [0, 0.05) is 13.7 Å². The van der Waals surface area contributed by atoms with Crippen molar-refractivity contribution in [1.82, 2.24) is 9.78 Å². The molecule has 96 valence electrons. The van der Waals surface area contributed by atoms with Crippen LogP contribution in [0.3, 0.4) is 0 Å². The van der Waals surface area contributed by atoms with Gasteiger partial charge in [0.05, 0.1) is 22.3 Å². The SMILES string of the molecule is CCC(OC)C(=O)Cc1c(Br)c(C)nn1CC. The lowest BCUT2D eigenvalue weighted by Gasteiger charge is -2.12. The fourth-order valence-electron chi connectivity index (χ4n) is 1.84. The number of halogens is 1. The van der Waals surface area contributed by atoms with E-state index in [-0.39, 0.29) is 11.9 Å². The summed E-state index contributed by atoms with van der Waals surface area (Å²) in [5, 5.41) is 4.37. The van der Waals surface area contributed by atoms with Crippen molar-refractivity contribution in [2.45, 2.75) is 46.3 Å². The number of carbonyl (C=O) groups is 1. The molecule has 0 aliphatic carbocycles. The molecule has 1 unspecified atom stereocenters. The second kappa shape index (κ2) is 6.31. The molecule has 0 spiro atoms. The predicted molar refractivity (Wildman–Crippen MR) is 70.1 cm³/mol. The number of aryl methyl sites for hydroxylation is 2. The van der Waals surface area contributed by atoms with Gasteiger partial charge in [-0.3, -0.25) is 9.48 Å². The molecule has 0 saturated carbocycles. The smallest absolute Gasteiger partial charge is 0.167 e. The van der Waals surface area contributed by atoms with Crippen LogP contribution in [0.15, 0.2) is 4.47 Å². The molecule has 0 amide bonds. The third-order valence-corrected chi connectivity index (χ3v) is 3.84. The van der Waals surface area contributed by atoms with Crippen LogP contribution in [0.4, 0.5) is 0 Å². The van der Waals surface area contributed by atoms with E-state index in [4.69, 9.17) is 4.74 Å². The molecule has 0 saturated heterocycles. The third-order valence-electron chi connectivity index (χ3n) is 2.81. The van der Waals surface area contributed by atoms with E-state index in [2.05, 4.69) is 21.0 Å². The second-order valence-electron chi connectivity index (χ2n) is 3.94. The molecule has 0 aliphatic rings. The molecule has 0 bridgehead atoms. The van der Waals surface area contributed by atoms with Gasteiger partial charge in [-0.05, 0) is 36.2 Å². The van der Waals surface area contributed by atoms with E-state index in [1.54, 1.807) is 7.11 Å². The molecule has 0 radical (unpaired) electrons. The molecule has 1 aromatic heterocycles. The summed E-state index contributed by atoms with van der Waals surface area (Å²) in [5.41, 5.74) is 1.85. The first-order valence-corrected chi connectivity index (χ1v) is 6.61. The van der Waals surface area contributed by atoms with Gasteiger partial charge in [-0.15, -0.1) is 0 Å². The summed E-state index contributed by atoms with van der Waals surface area (Å²) in [6, 6.07) is 0. The summed E-state index contributed by atoms with van der Waals surface area (Å²) in [5.74, 6) is 0.102. The molecule has 0 fully saturated rings. The highest BCUT2D eigenvalue weighted by Gasteiger charge is 2.20. The number of aromatic nitrogens is 2. The Bertz CT molecular complexity index is 397. The van der Waals surface area contributed by atoms with Gasteiger partial charge in [-0.1, -0.05) is 6.92 Å². The number of nitrogens with zero attached hydrogens (tertiary/aromatic N) is 2. The Morgan fingerprint density at radius 1 is 1.53 bits per heavy atom. The molecule has 1 heterocycles. The topological polar surface area (TPSA) is 44.1 Å². The molecule has 0 aromatic carbocycles. The second-order valence-corrected chi connectivity index (χ2v) is 4.73. The summed E-state index contributed by atoms with van der Waals surface area (Å²) in [6.07, 6.45) is 0.746. The zero-order chi connectivity index (χ0) is 13.0. The van der Waals surface area contributed by atoms with Crippen LogP contribution in [0.5, 0.6) is 0 Å². The molecule has 0 N–H and O–H groups in total. The zero-order valence-corrected chi connectivity index (χ0v) is 12.4. The summed E-state index contributed by atoms with van der Waals surface area (Å²) in [4.78, 5) is 12.0. The molecular formula is C12H19BrN2O2. The van der Waals surface area contributed by atoms with Crippen LogP contribution in [0.1, 0.15) is 31.7 Å². The van der Waals surface area contributed by atoms with E-state index in [0.717, 1.165) is 22.4 Å². The molecule has 1 rings (SSSR count). The Labute approximate surface area is 110 Å². The predicted octanol–water partition coefficient (Wildman–Crippen LogP) is 2.51. The average Bonchev–Trinajstić information content (AvgIpc) is 2.58. The lowest BCUT2D eigenvalue weighted by Crippen LogP contribution is -2.25. The Balaban J connectivity index is 2.91. The number of carbonyl (C=O) groups excluding carboxylic acids is 1. The van der Waals surface area contributed by atoms with Crippen molar-refractivity contribution in [1.29, 1.82) is 0 Å². The van der Waals surface area contributed by atoms with Crippen molar-refractivity contribution < 1.29 is 9.53 Å². The van der Waals surface area contributed by atoms with Crippen LogP contribution in [-0.4, -0.2) is 28.8 Å². The molecular weight excluding hydrogens is 284 g/mol. The van der Waals surface area contributed by atoms with E-state index in [1.165, 1.54) is 0 Å². The number of rotatable bonds is 6. The maximum atomic E-state index is 12.0. The first kappa shape index (κ1) is 14.4. The Morgan fingerprint density at radius 3 is 2.65 bits per heavy atom. The minimum atomic E-state index is -0.317. The highest BCUT2D eigenvalue weighted by Crippen LogP contribution is 2.22. The maximum Gasteiger partial charge on any atom is 0.167 e. The summed E-state index contributed by atoms with van der Waals surface area (Å²) >= 11 is 3.49. The summed E-state index contributed by atoms with van der Waals surface area (Å²) in [6.45, 7) is 6.65. The maximum absolute atomic E-state index is 12.0. The van der Waals surface area contributed by atoms with Gasteiger partial charge in [0.25, 0.3) is 0 Å². The van der Waals surface area contributed by atoms with E-state index >= 15 is 0 Å². The third kappa shape index (κ3) is 3.16. The number of hydrogen-bond acceptors (Lipinski definition) is 3. The van der Waals surface area contributed by atoms with Crippen LogP contribution in [0, 0.1) is 6.92 Å². The normalized spacial score (nSPS) is 12.8. The van der Waals surface area contributed by atoms with Gasteiger partial charge >= 0.3 is 0 Å². The minimum Gasteiger partial charge on any atom is -0.374 e. The summed E-state index contributed by atoms with van der Waals surface area (Å²) in [7, 11) is 1.57. The number of hydrogen-bond donors (Lipinski definition) is 0. The standard InChI is InChI=1S/C12H19BrN2O2/c1-5-11(17-4)10(16)7-9-12(13)8(3)14-15(9)6-2/h11H,5-7H2,1-4H3. The fourth-order valence-corrected chi connectivity index (χ4v) is 2.27. The van der Waals surface area contributed by atoms with E-state index in [9.17, 15) is 4.79 Å². The van der Waals surface area contributed by atoms with Crippen LogP contribution in [0.25, 0.3) is 0 Å². The molecule has 17 heavy (non-hydrogen) atoms. The van der Waals surface area contributed by atoms with E-state index in [0.29, 0.717) is 12.8 Å². The van der Waals surface area contributed by atoms with Gasteiger partial charge in [0.15, 0.2) is 5.78 Å². The summed E-state index contributed by atoms with van der Waals surface area (Å²) < 4.78 is 7.95. The largest absolute Gasteiger partial charge is 0.374 e. The van der Waals surface area contributed by atoms with Crippen molar-refractivity contribution in [3.8, 4) is 0 Å². The van der Waals surface area contributed by atoms with Gasteiger partial charge in [0.2, 0.25) is 0 Å². The lowest BCUT2D eigenvalue weighted by molar-refractivity contribution is -0.128. The van der Waals surface area contributed by atoms with Crippen LogP contribution in [-0.2, 0) is 22.5 Å². The molecule has 0 aliphatic heterocycles. The number of ether oxygens (including phenoxy) is 1. The van der Waals surface area contributed by atoms with Crippen molar-refractivity contribution in [3.63, 3.8) is 0 Å². The van der Waals surface area contributed by atoms with Gasteiger partial charge in [0.1, 0.15) is 6.10 Å². The Hall–Kier alpha value is -0.680. The quantitative estimate of drug-likeness (QED) is 0.811. The average molecular weight is 303 g/mol. The van der Waals surface area contributed by atoms with Crippen molar-refractivity contribution in [3.05, 3.63) is 15.9 Å². The monoisotopic (exact) mass is 302 g/mol. The highest BCUT2D eigenvalue weighted by molar-refractivity contribution is 9.10. The number of Topliss-reactive ketones (excluding diaryl/α,β-unsaturated/α-hetero) is 1. The molecule has 1 atom stereocenters. The number of methoxy groups -OCH3 is 1. The first-order valence-electron chi connectivity index (χ1n) is 5.82. The minimum absolute atomic E-state index is 0.102. The van der Waals surface area contributed by atoms with Gasteiger partial charge < -0.3 is 4.74 Å². The fraction of sp³-hybridized carbons (Fsp3) is 0.667. The Morgan fingerprint density at radius 2 is 2.18 bits per heavy atom. The molecule has 1 aromatic rings. The Kier molecular flexibility index (Phi) is 5.33. The van der Waals surface area contributed by atoms with Crippen molar-refractivity contribution >= 4 is 21.7 Å². The van der Waals surface area contributed by atoms with Crippen LogP contribution in [0.2, 0.25) is 0 Å². The zero-order valence-electron chi connectivity index (χ0n) is 10.8. The molecule has 4 nitrogen and oxygen atoms in total. The van der Waals surface area contributed by atoms with Crippen LogP contribution >= 0.6 is 15.9 Å². The molecule has 5 heteroatoms. The van der Waals surface area contributed by atoms with Gasteiger partial charge in [-0.25, -0.2) is 0 Å². The van der Waals surface area contributed by atoms with Crippen molar-refractivity contribution in [2.24, 2.45) is 0 Å². The lowest BCUT2D eigenvalue weighted by atomic mass is 10.1. The van der Waals surface area contributed by atoms with Gasteiger partial charge in [-0.2, -0.15) is 5.10 Å². The number of ketones is 1. The highest BCUT2D eigenvalue weighted by atomic mass is 79.9. The van der Waals surface area contributed by atoms with Crippen molar-refractivity contribution in [2.75, 3.05) is 7.11 Å². The van der Waals surface area contributed by atoms with E-state index < -0.39 is 0 Å². The first-order chi connectivity index (χ1) is 8.04. The van der Waals surface area contributed by atoms with E-state index in [1.807, 2.05) is 25.5 Å². The van der Waals surface area contributed by atoms with Crippen LogP contribution < -0.4 is 0 Å².